The Kier molecular flexibility index (Phi) is 12.1. The summed E-state index contributed by atoms with van der Waals surface area (Å²) in [7, 11) is 0. The van der Waals surface area contributed by atoms with Gasteiger partial charge in [0.25, 0.3) is 0 Å². The molecule has 0 aromatic heterocycles. The van der Waals surface area contributed by atoms with Gasteiger partial charge in [-0.15, -0.1) is 0 Å². The number of esters is 1. The Balaban J connectivity index is 2.17. The van der Waals surface area contributed by atoms with E-state index in [2.05, 4.69) is 0 Å². The van der Waals surface area contributed by atoms with E-state index in [-0.39, 0.29) is 36.1 Å². The lowest BCUT2D eigenvalue weighted by molar-refractivity contribution is -0.150. The van der Waals surface area contributed by atoms with Gasteiger partial charge in [-0.2, -0.15) is 0 Å². The quantitative estimate of drug-likeness (QED) is 0.163. The van der Waals surface area contributed by atoms with E-state index in [1.807, 2.05) is 13.8 Å². The minimum Gasteiger partial charge on any atom is -0.507 e. The smallest absolute Gasteiger partial charge is 0.347 e. The average molecular weight is 529 g/mol. The highest BCUT2D eigenvalue weighted by Gasteiger charge is 2.22. The Morgan fingerprint density at radius 1 is 0.816 bits per heavy atom. The number of hydrogen-bond acceptors (Lipinski definition) is 8. The van der Waals surface area contributed by atoms with E-state index in [1.165, 1.54) is 13.8 Å². The number of hydrogen-bond donors (Lipinski definition) is 1. The van der Waals surface area contributed by atoms with Crippen LogP contribution in [-0.4, -0.2) is 48.6 Å². The molecule has 2 rings (SSSR count). The molecule has 2 aromatic rings. The number of carbonyl (C=O) groups is 3. The van der Waals surface area contributed by atoms with Gasteiger partial charge in [0, 0.05) is 17.5 Å². The van der Waals surface area contributed by atoms with Gasteiger partial charge in [-0.25, -0.2) is 4.79 Å². The first-order valence-electron chi connectivity index (χ1n) is 13.3. The number of rotatable bonds is 16. The van der Waals surface area contributed by atoms with Crippen molar-refractivity contribution in [2.24, 2.45) is 0 Å². The molecule has 8 heteroatoms. The van der Waals surface area contributed by atoms with Crippen molar-refractivity contribution in [3.63, 3.8) is 0 Å². The third-order valence-electron chi connectivity index (χ3n) is 5.93. The van der Waals surface area contributed by atoms with Gasteiger partial charge >= 0.3 is 5.97 Å². The third-order valence-corrected chi connectivity index (χ3v) is 5.93. The predicted molar refractivity (Wildman–Crippen MR) is 145 cm³/mol. The molecule has 0 bridgehead atoms. The van der Waals surface area contributed by atoms with Crippen molar-refractivity contribution in [1.29, 1.82) is 0 Å². The standard InChI is InChI=1S/C30H40O8/c1-7-11-24-26(15-13-22(19(4)31)28(24)33)36-17-10-18-37-29-23(20(5)32)14-16-27(25(29)12-8-2)38-21(6)30(34)35-9-3/h13-16,21,33H,7-12,17-18H2,1-6H3. The zero-order valence-electron chi connectivity index (χ0n) is 23.3. The molecule has 0 heterocycles. The summed E-state index contributed by atoms with van der Waals surface area (Å²) in [5, 5.41) is 10.5. The third kappa shape index (κ3) is 7.97. The average Bonchev–Trinajstić information content (AvgIpc) is 2.87. The Labute approximate surface area is 225 Å². The monoisotopic (exact) mass is 528 g/mol. The number of Topliss-reactive ketones (excluding diaryl/α,β-unsaturated/α-hetero) is 2. The topological polar surface area (TPSA) is 108 Å². The summed E-state index contributed by atoms with van der Waals surface area (Å²) in [5.74, 6) is 0.633. The molecule has 0 aliphatic rings. The van der Waals surface area contributed by atoms with Crippen molar-refractivity contribution in [1.82, 2.24) is 0 Å². The summed E-state index contributed by atoms with van der Waals surface area (Å²) >= 11 is 0. The Morgan fingerprint density at radius 2 is 1.39 bits per heavy atom. The minimum atomic E-state index is -0.807. The number of ketones is 2. The number of phenols is 1. The van der Waals surface area contributed by atoms with E-state index >= 15 is 0 Å². The lowest BCUT2D eigenvalue weighted by Gasteiger charge is -2.21. The first-order valence-corrected chi connectivity index (χ1v) is 13.3. The highest BCUT2D eigenvalue weighted by molar-refractivity contribution is 5.98. The van der Waals surface area contributed by atoms with Gasteiger partial charge in [-0.3, -0.25) is 9.59 Å². The van der Waals surface area contributed by atoms with Crippen LogP contribution in [0.2, 0.25) is 0 Å². The van der Waals surface area contributed by atoms with Crippen LogP contribution in [0.5, 0.6) is 23.0 Å². The molecular formula is C30H40O8. The molecule has 0 saturated carbocycles. The van der Waals surface area contributed by atoms with Gasteiger partial charge in [-0.1, -0.05) is 26.7 Å². The summed E-state index contributed by atoms with van der Waals surface area (Å²) in [6, 6.07) is 6.62. The molecule has 0 saturated heterocycles. The fraction of sp³-hybridized carbons (Fsp3) is 0.500. The zero-order valence-corrected chi connectivity index (χ0v) is 23.3. The lowest BCUT2D eigenvalue weighted by Crippen LogP contribution is -2.26. The van der Waals surface area contributed by atoms with Crippen molar-refractivity contribution >= 4 is 17.5 Å². The zero-order chi connectivity index (χ0) is 28.2. The van der Waals surface area contributed by atoms with Crippen molar-refractivity contribution in [2.75, 3.05) is 19.8 Å². The van der Waals surface area contributed by atoms with Crippen molar-refractivity contribution in [2.45, 2.75) is 79.8 Å². The van der Waals surface area contributed by atoms with Crippen LogP contribution in [0.4, 0.5) is 0 Å². The number of benzene rings is 2. The number of ether oxygens (including phenoxy) is 4. The lowest BCUT2D eigenvalue weighted by atomic mass is 10.0. The fourth-order valence-corrected chi connectivity index (χ4v) is 4.09. The van der Waals surface area contributed by atoms with Crippen LogP contribution < -0.4 is 14.2 Å². The number of phenolic OH excluding ortho intramolecular Hbond substituents is 1. The van der Waals surface area contributed by atoms with Crippen molar-refractivity contribution in [3.05, 3.63) is 46.5 Å². The van der Waals surface area contributed by atoms with E-state index in [1.54, 1.807) is 38.1 Å². The van der Waals surface area contributed by atoms with E-state index in [4.69, 9.17) is 18.9 Å². The van der Waals surface area contributed by atoms with Crippen LogP contribution >= 0.6 is 0 Å². The Morgan fingerprint density at radius 3 is 2.00 bits per heavy atom. The molecule has 1 atom stereocenters. The van der Waals surface area contributed by atoms with Gasteiger partial charge < -0.3 is 24.1 Å². The van der Waals surface area contributed by atoms with E-state index in [9.17, 15) is 19.5 Å². The Hall–Kier alpha value is -3.55. The van der Waals surface area contributed by atoms with Gasteiger partial charge in [0.1, 0.15) is 23.0 Å². The number of carbonyl (C=O) groups excluding carboxylic acids is 3. The number of aromatic hydroxyl groups is 1. The molecule has 0 aliphatic heterocycles. The normalized spacial score (nSPS) is 11.5. The highest BCUT2D eigenvalue weighted by atomic mass is 16.6. The van der Waals surface area contributed by atoms with Crippen LogP contribution in [0, 0.1) is 0 Å². The first-order chi connectivity index (χ1) is 18.2. The van der Waals surface area contributed by atoms with E-state index < -0.39 is 12.1 Å². The Bertz CT molecular complexity index is 1120. The molecule has 2 aromatic carbocycles. The summed E-state index contributed by atoms with van der Waals surface area (Å²) in [6.07, 6.45) is 2.45. The SMILES string of the molecule is CCCc1c(OCCCOc2c(C(C)=O)ccc(OC(C)C(=O)OCC)c2CCC)ccc(C(C)=O)c1O. The minimum absolute atomic E-state index is 0.0303. The van der Waals surface area contributed by atoms with Crippen LogP contribution in [0.1, 0.15) is 92.6 Å². The summed E-state index contributed by atoms with van der Waals surface area (Å²) in [6.45, 7) is 11.1. The largest absolute Gasteiger partial charge is 0.507 e. The molecule has 208 valence electrons. The highest BCUT2D eigenvalue weighted by Crippen LogP contribution is 2.35. The van der Waals surface area contributed by atoms with Crippen LogP contribution in [0.3, 0.4) is 0 Å². The molecule has 38 heavy (non-hydrogen) atoms. The van der Waals surface area contributed by atoms with Crippen LogP contribution in [0.25, 0.3) is 0 Å². The maximum atomic E-state index is 12.4. The van der Waals surface area contributed by atoms with Gasteiger partial charge in [0.2, 0.25) is 0 Å². The molecule has 0 radical (unpaired) electrons. The maximum Gasteiger partial charge on any atom is 0.347 e. The maximum absolute atomic E-state index is 12.4. The van der Waals surface area contributed by atoms with Gasteiger partial charge in [-0.05, 0) is 64.8 Å². The predicted octanol–water partition coefficient (Wildman–Crippen LogP) is 5.88. The van der Waals surface area contributed by atoms with Crippen molar-refractivity contribution < 1.29 is 38.4 Å². The second kappa shape index (κ2) is 15.0. The molecule has 0 aliphatic carbocycles. The van der Waals surface area contributed by atoms with Gasteiger partial charge in [0.15, 0.2) is 17.7 Å². The molecule has 0 spiro atoms. The summed E-state index contributed by atoms with van der Waals surface area (Å²) in [4.78, 5) is 36.2. The first kappa shape index (κ1) is 30.7. The van der Waals surface area contributed by atoms with Gasteiger partial charge in [0.05, 0.1) is 30.9 Å². The fourth-order valence-electron chi connectivity index (χ4n) is 4.09. The summed E-state index contributed by atoms with van der Waals surface area (Å²) < 4.78 is 23.0. The second-order valence-electron chi connectivity index (χ2n) is 9.03. The van der Waals surface area contributed by atoms with Crippen molar-refractivity contribution in [3.8, 4) is 23.0 Å². The van der Waals surface area contributed by atoms with E-state index in [0.29, 0.717) is 54.2 Å². The van der Waals surface area contributed by atoms with Crippen LogP contribution in [0.15, 0.2) is 24.3 Å². The van der Waals surface area contributed by atoms with E-state index in [0.717, 1.165) is 18.4 Å². The molecular weight excluding hydrogens is 488 g/mol. The molecule has 0 amide bonds. The molecule has 0 fully saturated rings. The molecule has 1 unspecified atom stereocenters. The molecule has 8 nitrogen and oxygen atoms in total. The van der Waals surface area contributed by atoms with Crippen LogP contribution in [-0.2, 0) is 22.4 Å². The molecule has 1 N–H and O–H groups in total. The second-order valence-corrected chi connectivity index (χ2v) is 9.03. The summed E-state index contributed by atoms with van der Waals surface area (Å²) in [5.41, 5.74) is 2.07.